The molecule has 0 aliphatic carbocycles. The number of rotatable bonds is 1. The maximum absolute atomic E-state index is 8.23. The van der Waals surface area contributed by atoms with E-state index >= 15 is 0 Å². The monoisotopic (exact) mass is 269 g/mol. The summed E-state index contributed by atoms with van der Waals surface area (Å²) in [4.78, 5) is 6.81. The number of aromatic nitrogens is 2. The van der Waals surface area contributed by atoms with Crippen LogP contribution in [0.1, 0.15) is 38.8 Å². The van der Waals surface area contributed by atoms with E-state index in [1.165, 1.54) is 0 Å². The fraction of sp³-hybridized carbons (Fsp3) is 0.600. The lowest BCUT2D eigenvalue weighted by molar-refractivity contribution is 0.444. The van der Waals surface area contributed by atoms with Crippen LogP contribution in [0.25, 0.3) is 0 Å². The van der Waals surface area contributed by atoms with E-state index in [1.807, 2.05) is 0 Å². The third-order valence-electron chi connectivity index (χ3n) is 1.30. The molecule has 1 aromatic heterocycles. The average Bonchev–Trinajstić information content (AvgIpc) is 2.48. The van der Waals surface area contributed by atoms with Crippen LogP contribution < -0.4 is 4.90 Å². The van der Waals surface area contributed by atoms with Crippen LogP contribution in [0.3, 0.4) is 0 Å². The minimum Gasteiger partial charge on any atom is -0.355 e. The van der Waals surface area contributed by atoms with Crippen molar-refractivity contribution in [3.63, 3.8) is 0 Å². The van der Waals surface area contributed by atoms with Crippen LogP contribution in [-0.2, 0) is 0 Å². The summed E-state index contributed by atoms with van der Waals surface area (Å²) < 4.78 is 110. The molecule has 0 spiro atoms. The highest BCUT2D eigenvalue weighted by molar-refractivity contribution is 9.10. The lowest BCUT2D eigenvalue weighted by atomic mass is 10.0. The molecule has 0 radical (unpaired) electrons. The first-order chi connectivity index (χ1) is 12.2. The van der Waals surface area contributed by atoms with Gasteiger partial charge in [0, 0.05) is 29.4 Å². The summed E-state index contributed by atoms with van der Waals surface area (Å²) in [5.74, 6) is -4.88. The van der Waals surface area contributed by atoms with Gasteiger partial charge < -0.3 is 4.90 Å². The van der Waals surface area contributed by atoms with E-state index in [4.69, 9.17) is 19.2 Å². The van der Waals surface area contributed by atoms with Crippen LogP contribution in [0.15, 0.2) is 16.9 Å². The number of halogens is 1. The molecule has 1 atom stereocenters. The van der Waals surface area contributed by atoms with Crippen molar-refractivity contribution >= 4 is 21.7 Å². The summed E-state index contributed by atoms with van der Waals surface area (Å²) in [5.41, 5.74) is 0. The van der Waals surface area contributed by atoms with E-state index in [-0.39, 0.29) is 9.50 Å². The molecule has 0 N–H and O–H groups in total. The largest absolute Gasteiger partial charge is 0.355 e. The topological polar surface area (TPSA) is 29.0 Å². The zero-order valence-corrected chi connectivity index (χ0v) is 8.31. The van der Waals surface area contributed by atoms with Gasteiger partial charge in [0.05, 0.1) is 15.1 Å². The van der Waals surface area contributed by atoms with Crippen LogP contribution in [0.5, 0.6) is 0 Å². The van der Waals surface area contributed by atoms with Gasteiger partial charge in [0.1, 0.15) is 10.4 Å². The van der Waals surface area contributed by atoms with E-state index < -0.39 is 56.6 Å². The molecule has 1 aliphatic heterocycles. The Morgan fingerprint density at radius 1 is 1.79 bits per heavy atom. The zero-order valence-electron chi connectivity index (χ0n) is 20.7. The minimum atomic E-state index is -3.84. The average molecular weight is 270 g/mol. The molecular weight excluding hydrogens is 242 g/mol. The fourth-order valence-electron chi connectivity index (χ4n) is 0.768. The van der Waals surface area contributed by atoms with E-state index in [9.17, 15) is 0 Å². The summed E-state index contributed by atoms with van der Waals surface area (Å²) in [5, 5.41) is 0. The Hall–Kier alpha value is -0.640. The van der Waals surface area contributed by atoms with Gasteiger partial charge in [-0.1, -0.05) is 6.85 Å². The highest BCUT2D eigenvalue weighted by Crippen LogP contribution is 2.20. The van der Waals surface area contributed by atoms with Crippen molar-refractivity contribution in [1.29, 1.82) is 0 Å². The van der Waals surface area contributed by atoms with Gasteiger partial charge in [-0.25, -0.2) is 9.97 Å². The first-order valence-electron chi connectivity index (χ1n) is 10.5. The van der Waals surface area contributed by atoms with Gasteiger partial charge in [-0.15, -0.1) is 0 Å². The molecule has 1 unspecified atom stereocenters. The highest BCUT2D eigenvalue weighted by Gasteiger charge is 2.17. The number of hydrogen-bond donors (Lipinski definition) is 0. The minimum absolute atomic E-state index is 0.208. The SMILES string of the molecule is [2H]c1nc(N2C([2H])([2H])C([2H])([2H])C([2H])([2H])C([2H])(C([2H])([2H])[2H])C2([2H])[2H])c([2H])nc1Br. The third kappa shape index (κ3) is 2.23. The first-order valence-corrected chi connectivity index (χ1v) is 4.30. The third-order valence-corrected chi connectivity index (χ3v) is 1.65. The Kier molecular flexibility index (Phi) is 0.771. The summed E-state index contributed by atoms with van der Waals surface area (Å²) in [6.45, 7) is -11.1. The van der Waals surface area contributed by atoms with Crippen molar-refractivity contribution < 1.29 is 19.2 Å². The van der Waals surface area contributed by atoms with Crippen molar-refractivity contribution in [3.8, 4) is 0 Å². The molecule has 1 aliphatic rings. The number of piperidine rings is 1. The van der Waals surface area contributed by atoms with Crippen molar-refractivity contribution in [2.45, 2.75) is 19.6 Å². The summed E-state index contributed by atoms with van der Waals surface area (Å²) >= 11 is 2.81. The molecule has 14 heavy (non-hydrogen) atoms. The maximum Gasteiger partial charge on any atom is 0.147 e. The zero-order chi connectivity index (χ0) is 22.3. The Bertz CT molecular complexity index is 807. The number of nitrogens with zero attached hydrogens (tertiary/aromatic N) is 3. The molecule has 1 fully saturated rings. The van der Waals surface area contributed by atoms with Crippen molar-refractivity contribution in [1.82, 2.24) is 9.97 Å². The van der Waals surface area contributed by atoms with Gasteiger partial charge in [-0.3, -0.25) is 0 Å². The van der Waals surface area contributed by atoms with E-state index in [0.717, 1.165) is 0 Å². The van der Waals surface area contributed by atoms with Crippen LogP contribution in [0.4, 0.5) is 5.82 Å². The smallest absolute Gasteiger partial charge is 0.147 e. The molecule has 0 amide bonds. The molecule has 4 heteroatoms. The van der Waals surface area contributed by atoms with E-state index in [2.05, 4.69) is 25.9 Å². The predicted molar refractivity (Wildman–Crippen MR) is 60.3 cm³/mol. The summed E-state index contributed by atoms with van der Waals surface area (Å²) in [6, 6.07) is 0. The standard InChI is InChI=1S/C10H14BrN3/c1-8-3-2-4-14(7-8)10-6-12-9(11)5-13-10/h5-6,8H,2-4,7H2,1H3/i1D3,2D2,3D2,4D2,5D,6D,7D2,8D. The van der Waals surface area contributed by atoms with E-state index in [0.29, 0.717) is 0 Å². The quantitative estimate of drug-likeness (QED) is 0.785. The molecule has 1 saturated heterocycles. The molecule has 1 aromatic rings. The summed E-state index contributed by atoms with van der Waals surface area (Å²) in [7, 11) is 0. The Morgan fingerprint density at radius 3 is 3.57 bits per heavy atom. The van der Waals surface area contributed by atoms with Crippen molar-refractivity contribution in [2.75, 3.05) is 17.9 Å². The summed E-state index contributed by atoms with van der Waals surface area (Å²) in [6.07, 6.45) is -9.20. The van der Waals surface area contributed by atoms with Gasteiger partial charge in [-0.2, -0.15) is 0 Å². The predicted octanol–water partition coefficient (Wildman–Crippen LogP) is 2.48. The Labute approximate surface area is 112 Å². The van der Waals surface area contributed by atoms with Gasteiger partial charge in [-0.05, 0) is 34.6 Å². The van der Waals surface area contributed by atoms with Crippen molar-refractivity contribution in [3.05, 3.63) is 16.9 Å². The number of hydrogen-bond acceptors (Lipinski definition) is 3. The van der Waals surface area contributed by atoms with Gasteiger partial charge >= 0.3 is 0 Å². The number of anilines is 1. The van der Waals surface area contributed by atoms with Crippen molar-refractivity contribution in [2.24, 2.45) is 5.89 Å². The van der Waals surface area contributed by atoms with Crippen LogP contribution in [0, 0.1) is 5.89 Å². The molecule has 2 heterocycles. The second-order valence-corrected chi connectivity index (χ2v) is 3.00. The van der Waals surface area contributed by atoms with E-state index in [1.54, 1.807) is 0 Å². The molecule has 0 saturated carbocycles. The second-order valence-electron chi connectivity index (χ2n) is 2.25. The second kappa shape index (κ2) is 4.26. The van der Waals surface area contributed by atoms with Crippen LogP contribution in [-0.4, -0.2) is 23.0 Å². The fourth-order valence-corrected chi connectivity index (χ4v) is 0.945. The first kappa shape index (κ1) is 2.54. The lowest BCUT2D eigenvalue weighted by Crippen LogP contribution is -2.34. The van der Waals surface area contributed by atoms with Gasteiger partial charge in [0.15, 0.2) is 0 Å². The highest BCUT2D eigenvalue weighted by atomic mass is 79.9. The molecular formula is C10H14BrN3. The molecule has 3 nitrogen and oxygen atoms in total. The molecule has 0 aromatic carbocycles. The maximum atomic E-state index is 8.23. The van der Waals surface area contributed by atoms with Gasteiger partial charge in [0.2, 0.25) is 0 Å². The molecule has 0 bridgehead atoms. The molecule has 2 rings (SSSR count). The Morgan fingerprint density at radius 2 is 2.71 bits per heavy atom. The Balaban J connectivity index is 2.99. The van der Waals surface area contributed by atoms with Crippen LogP contribution >= 0.6 is 15.9 Å². The lowest BCUT2D eigenvalue weighted by Gasteiger charge is -2.31. The van der Waals surface area contributed by atoms with Crippen LogP contribution in [0.2, 0.25) is 0 Å². The normalized spacial score (nSPS) is 57.6. The van der Waals surface area contributed by atoms with Gasteiger partial charge in [0.25, 0.3) is 0 Å². The molecule has 76 valence electrons.